The van der Waals surface area contributed by atoms with Gasteiger partial charge in [0.05, 0.1) is 0 Å². The van der Waals surface area contributed by atoms with E-state index in [1.807, 2.05) is 0 Å². The zero-order chi connectivity index (χ0) is 20.6. The Morgan fingerprint density at radius 1 is 0.931 bits per heavy atom. The van der Waals surface area contributed by atoms with Crippen LogP contribution in [0.1, 0.15) is 112 Å². The van der Waals surface area contributed by atoms with Crippen LogP contribution in [0.3, 0.4) is 0 Å². The number of carbonyl (C=O) groups is 1. The van der Waals surface area contributed by atoms with Crippen molar-refractivity contribution >= 4 is 5.78 Å². The van der Waals surface area contributed by atoms with Crippen LogP contribution in [0.15, 0.2) is 0 Å². The average Bonchev–Trinajstić information content (AvgIpc) is 3.31. The molecule has 0 aromatic rings. The molecule has 0 N–H and O–H groups in total. The summed E-state index contributed by atoms with van der Waals surface area (Å²) in [6.45, 7) is 12.7. The van der Waals surface area contributed by atoms with Crippen molar-refractivity contribution < 1.29 is 4.79 Å². The molecule has 9 unspecified atom stereocenters. The summed E-state index contributed by atoms with van der Waals surface area (Å²) < 4.78 is 0. The maximum absolute atomic E-state index is 12.5. The Labute approximate surface area is 180 Å². The van der Waals surface area contributed by atoms with Crippen molar-refractivity contribution in [2.75, 3.05) is 0 Å². The van der Waals surface area contributed by atoms with Crippen molar-refractivity contribution in [3.05, 3.63) is 0 Å². The monoisotopic (exact) mass is 398 g/mol. The van der Waals surface area contributed by atoms with E-state index in [4.69, 9.17) is 0 Å². The van der Waals surface area contributed by atoms with Gasteiger partial charge < -0.3 is 0 Å². The number of fused-ring (bicyclic) bond motifs is 4. The SMILES string of the molecule is CC(C)CCCC(C)C1CCC2C3CCC45CC4C(=O)CCC5(C)C3CCC12C. The highest BCUT2D eigenvalue weighted by Gasteiger charge is 2.74. The van der Waals surface area contributed by atoms with E-state index in [2.05, 4.69) is 34.6 Å². The fraction of sp³-hybridized carbons (Fsp3) is 0.964. The molecular formula is C28H46O. The van der Waals surface area contributed by atoms with E-state index in [0.29, 0.717) is 27.9 Å². The first-order chi connectivity index (χ1) is 13.7. The van der Waals surface area contributed by atoms with Crippen LogP contribution in [0, 0.1) is 57.7 Å². The lowest BCUT2D eigenvalue weighted by Gasteiger charge is -2.61. The maximum atomic E-state index is 12.5. The molecule has 5 aliphatic carbocycles. The molecule has 0 heterocycles. The average molecular weight is 399 g/mol. The molecule has 29 heavy (non-hydrogen) atoms. The number of carbonyl (C=O) groups excluding carboxylic acids is 1. The van der Waals surface area contributed by atoms with Gasteiger partial charge in [0, 0.05) is 12.3 Å². The fourth-order valence-electron chi connectivity index (χ4n) is 10.2. The molecule has 5 fully saturated rings. The van der Waals surface area contributed by atoms with Crippen molar-refractivity contribution in [1.29, 1.82) is 0 Å². The molecule has 1 spiro atoms. The van der Waals surface area contributed by atoms with Crippen LogP contribution in [0.25, 0.3) is 0 Å². The summed E-state index contributed by atoms with van der Waals surface area (Å²) in [4.78, 5) is 12.5. The summed E-state index contributed by atoms with van der Waals surface area (Å²) in [6, 6.07) is 0. The van der Waals surface area contributed by atoms with E-state index < -0.39 is 0 Å². The van der Waals surface area contributed by atoms with Crippen molar-refractivity contribution in [2.45, 2.75) is 112 Å². The van der Waals surface area contributed by atoms with Crippen molar-refractivity contribution in [2.24, 2.45) is 57.7 Å². The smallest absolute Gasteiger partial charge is 0.136 e. The Morgan fingerprint density at radius 3 is 2.48 bits per heavy atom. The van der Waals surface area contributed by atoms with Crippen LogP contribution in [-0.4, -0.2) is 5.78 Å². The predicted octanol–water partition coefficient (Wildman–Crippen LogP) is 7.68. The maximum Gasteiger partial charge on any atom is 0.136 e. The highest BCUT2D eigenvalue weighted by molar-refractivity contribution is 5.86. The third-order valence-corrected chi connectivity index (χ3v) is 11.9. The first-order valence-electron chi connectivity index (χ1n) is 13.3. The fourth-order valence-corrected chi connectivity index (χ4v) is 10.2. The molecule has 0 aromatic heterocycles. The van der Waals surface area contributed by atoms with E-state index >= 15 is 0 Å². The van der Waals surface area contributed by atoms with Gasteiger partial charge in [-0.1, -0.05) is 53.9 Å². The van der Waals surface area contributed by atoms with Gasteiger partial charge in [-0.25, -0.2) is 0 Å². The molecule has 5 aliphatic rings. The Kier molecular flexibility index (Phi) is 4.85. The molecule has 0 radical (unpaired) electrons. The Hall–Kier alpha value is -0.330. The van der Waals surface area contributed by atoms with Gasteiger partial charge in [-0.2, -0.15) is 0 Å². The minimum atomic E-state index is 0.444. The summed E-state index contributed by atoms with van der Waals surface area (Å²) in [5.41, 5.74) is 1.53. The topological polar surface area (TPSA) is 17.1 Å². The first kappa shape index (κ1) is 20.6. The number of ketones is 1. The van der Waals surface area contributed by atoms with Crippen LogP contribution < -0.4 is 0 Å². The number of rotatable bonds is 5. The highest BCUT2D eigenvalue weighted by atomic mass is 16.1. The van der Waals surface area contributed by atoms with Crippen LogP contribution in [-0.2, 0) is 4.79 Å². The Morgan fingerprint density at radius 2 is 1.72 bits per heavy atom. The molecular weight excluding hydrogens is 352 g/mol. The largest absolute Gasteiger partial charge is 0.299 e. The number of hydrogen-bond acceptors (Lipinski definition) is 1. The minimum Gasteiger partial charge on any atom is -0.299 e. The Balaban J connectivity index is 1.32. The summed E-state index contributed by atoms with van der Waals surface area (Å²) >= 11 is 0. The molecule has 9 atom stereocenters. The van der Waals surface area contributed by atoms with Gasteiger partial charge in [-0.15, -0.1) is 0 Å². The lowest BCUT2D eigenvalue weighted by molar-refractivity contribution is -0.144. The highest BCUT2D eigenvalue weighted by Crippen LogP contribution is 2.79. The van der Waals surface area contributed by atoms with Gasteiger partial charge in [0.1, 0.15) is 5.78 Å². The van der Waals surface area contributed by atoms with Crippen LogP contribution in [0.2, 0.25) is 0 Å². The second-order valence-corrected chi connectivity index (χ2v) is 13.2. The van der Waals surface area contributed by atoms with Crippen molar-refractivity contribution in [1.82, 2.24) is 0 Å². The molecule has 1 nitrogen and oxygen atoms in total. The van der Waals surface area contributed by atoms with E-state index in [-0.39, 0.29) is 0 Å². The molecule has 1 heteroatoms. The zero-order valence-electron chi connectivity index (χ0n) is 19.9. The van der Waals surface area contributed by atoms with Crippen LogP contribution in [0.5, 0.6) is 0 Å². The standard InChI is InChI=1S/C28H46O/c1-18(2)7-6-8-19(3)21-9-10-22-20-11-16-28-17-24(28)25(29)13-15-27(28,5)23(20)12-14-26(21,22)4/h18-24H,6-17H2,1-5H3. The minimum absolute atomic E-state index is 0.444. The lowest BCUT2D eigenvalue weighted by atomic mass is 9.43. The van der Waals surface area contributed by atoms with E-state index in [1.54, 1.807) is 0 Å². The first-order valence-corrected chi connectivity index (χ1v) is 13.3. The third kappa shape index (κ3) is 2.80. The Bertz CT molecular complexity index is 665. The molecule has 5 saturated carbocycles. The summed E-state index contributed by atoms with van der Waals surface area (Å²) in [6.07, 6.45) is 16.4. The normalized spacial score (nSPS) is 51.8. The van der Waals surface area contributed by atoms with Crippen LogP contribution in [0.4, 0.5) is 0 Å². The molecule has 0 aliphatic heterocycles. The molecule has 0 amide bonds. The molecule has 0 saturated heterocycles. The molecule has 0 aromatic carbocycles. The van der Waals surface area contributed by atoms with Gasteiger partial charge in [-0.3, -0.25) is 4.79 Å². The third-order valence-electron chi connectivity index (χ3n) is 11.9. The molecule has 0 bridgehead atoms. The second kappa shape index (κ2) is 6.83. The van der Waals surface area contributed by atoms with Crippen LogP contribution >= 0.6 is 0 Å². The molecule has 164 valence electrons. The lowest BCUT2D eigenvalue weighted by Crippen LogP contribution is -2.55. The van der Waals surface area contributed by atoms with Crippen molar-refractivity contribution in [3.8, 4) is 0 Å². The van der Waals surface area contributed by atoms with Gasteiger partial charge in [0.2, 0.25) is 0 Å². The number of hydrogen-bond donors (Lipinski definition) is 0. The quantitative estimate of drug-likeness (QED) is 0.464. The second-order valence-electron chi connectivity index (χ2n) is 13.2. The van der Waals surface area contributed by atoms with E-state index in [9.17, 15) is 4.79 Å². The zero-order valence-corrected chi connectivity index (χ0v) is 19.9. The summed E-state index contributed by atoms with van der Waals surface area (Å²) in [5.74, 6) is 6.67. The van der Waals surface area contributed by atoms with Crippen molar-refractivity contribution in [3.63, 3.8) is 0 Å². The van der Waals surface area contributed by atoms with Gasteiger partial charge in [0.25, 0.3) is 0 Å². The van der Waals surface area contributed by atoms with Gasteiger partial charge >= 0.3 is 0 Å². The summed E-state index contributed by atoms with van der Waals surface area (Å²) in [5, 5.41) is 0. The predicted molar refractivity (Wildman–Crippen MR) is 121 cm³/mol. The van der Waals surface area contributed by atoms with E-state index in [1.165, 1.54) is 70.6 Å². The van der Waals surface area contributed by atoms with Gasteiger partial charge in [-0.05, 0) is 103 Å². The molecule has 5 rings (SSSR count). The van der Waals surface area contributed by atoms with Gasteiger partial charge in [0.15, 0.2) is 0 Å². The number of Topliss-reactive ketones (excluding diaryl/α,β-unsaturated/α-hetero) is 1. The summed E-state index contributed by atoms with van der Waals surface area (Å²) in [7, 11) is 0. The van der Waals surface area contributed by atoms with E-state index in [0.717, 1.165) is 41.9 Å².